The van der Waals surface area contributed by atoms with Crippen LogP contribution in [0.2, 0.25) is 0 Å². The van der Waals surface area contributed by atoms with Crippen LogP contribution < -0.4 is 0 Å². The molecule has 0 heterocycles. The van der Waals surface area contributed by atoms with Crippen LogP contribution in [0, 0.1) is 24.0 Å². The zero-order chi connectivity index (χ0) is 20.2. The molecular formula is C19H26ClN3O4S. The SMILES string of the molecule is Cc1cc([N+](=O)[O-])cc(S(=O)(=O)N(CCN(C)C)Cc2ccccc2)c1C.Cl. The molecule has 154 valence electrons. The Bertz CT molecular complexity index is 918. The molecule has 0 unspecified atom stereocenters. The number of nitro groups is 1. The van der Waals surface area contributed by atoms with Crippen molar-refractivity contribution in [2.45, 2.75) is 25.3 Å². The van der Waals surface area contributed by atoms with Crippen molar-refractivity contribution in [2.75, 3.05) is 27.2 Å². The Morgan fingerprint density at radius 1 is 1.04 bits per heavy atom. The minimum Gasteiger partial charge on any atom is -0.308 e. The van der Waals surface area contributed by atoms with Gasteiger partial charge in [0.05, 0.1) is 9.82 Å². The second-order valence-electron chi connectivity index (χ2n) is 6.77. The molecule has 0 N–H and O–H groups in total. The summed E-state index contributed by atoms with van der Waals surface area (Å²) in [4.78, 5) is 12.5. The fourth-order valence-electron chi connectivity index (χ4n) is 2.70. The number of hydrogen-bond acceptors (Lipinski definition) is 5. The summed E-state index contributed by atoms with van der Waals surface area (Å²) in [7, 11) is -0.160. The molecule has 0 aliphatic rings. The highest BCUT2D eigenvalue weighted by atomic mass is 35.5. The highest BCUT2D eigenvalue weighted by Crippen LogP contribution is 2.28. The molecule has 2 aromatic carbocycles. The fourth-order valence-corrected chi connectivity index (χ4v) is 4.44. The van der Waals surface area contributed by atoms with Crippen molar-refractivity contribution in [3.8, 4) is 0 Å². The van der Waals surface area contributed by atoms with Crippen molar-refractivity contribution in [3.05, 3.63) is 69.3 Å². The number of rotatable bonds is 8. The first-order valence-corrected chi connectivity index (χ1v) is 10.0. The maximum atomic E-state index is 13.4. The molecule has 0 saturated carbocycles. The first kappa shape index (κ1) is 24.0. The van der Waals surface area contributed by atoms with Crippen molar-refractivity contribution in [1.82, 2.24) is 9.21 Å². The maximum absolute atomic E-state index is 13.4. The molecule has 0 spiro atoms. The van der Waals surface area contributed by atoms with Crippen LogP contribution in [0.15, 0.2) is 47.4 Å². The fraction of sp³-hybridized carbons (Fsp3) is 0.368. The predicted molar refractivity (Wildman–Crippen MR) is 112 cm³/mol. The molecule has 0 aliphatic carbocycles. The first-order chi connectivity index (χ1) is 12.6. The second-order valence-corrected chi connectivity index (χ2v) is 8.68. The third-order valence-electron chi connectivity index (χ3n) is 4.43. The zero-order valence-corrected chi connectivity index (χ0v) is 18.1. The number of likely N-dealkylation sites (N-methyl/N-ethyl adjacent to an activating group) is 1. The van der Waals surface area contributed by atoms with Crippen LogP contribution in [0.5, 0.6) is 0 Å². The summed E-state index contributed by atoms with van der Waals surface area (Å²) < 4.78 is 28.1. The van der Waals surface area contributed by atoms with Crippen LogP contribution in [-0.4, -0.2) is 49.7 Å². The number of sulfonamides is 1. The van der Waals surface area contributed by atoms with Gasteiger partial charge in [-0.25, -0.2) is 8.42 Å². The monoisotopic (exact) mass is 427 g/mol. The van der Waals surface area contributed by atoms with Crippen LogP contribution in [0.4, 0.5) is 5.69 Å². The summed E-state index contributed by atoms with van der Waals surface area (Å²) in [5, 5.41) is 11.2. The Morgan fingerprint density at radius 2 is 1.64 bits per heavy atom. The quantitative estimate of drug-likeness (QED) is 0.476. The van der Waals surface area contributed by atoms with E-state index in [0.717, 1.165) is 11.6 Å². The van der Waals surface area contributed by atoms with E-state index in [4.69, 9.17) is 0 Å². The molecule has 28 heavy (non-hydrogen) atoms. The van der Waals surface area contributed by atoms with E-state index in [2.05, 4.69) is 0 Å². The lowest BCUT2D eigenvalue weighted by Gasteiger charge is -2.25. The van der Waals surface area contributed by atoms with E-state index in [1.54, 1.807) is 13.8 Å². The highest BCUT2D eigenvalue weighted by Gasteiger charge is 2.29. The van der Waals surface area contributed by atoms with E-state index in [1.807, 2.05) is 49.3 Å². The van der Waals surface area contributed by atoms with Gasteiger partial charge < -0.3 is 4.90 Å². The summed E-state index contributed by atoms with van der Waals surface area (Å²) in [6.07, 6.45) is 0. The van der Waals surface area contributed by atoms with Gasteiger partial charge in [0.25, 0.3) is 5.69 Å². The maximum Gasteiger partial charge on any atom is 0.271 e. The van der Waals surface area contributed by atoms with Gasteiger partial charge in [-0.3, -0.25) is 10.1 Å². The zero-order valence-electron chi connectivity index (χ0n) is 16.5. The topological polar surface area (TPSA) is 83.8 Å². The summed E-state index contributed by atoms with van der Waals surface area (Å²) in [6, 6.07) is 11.9. The van der Waals surface area contributed by atoms with Gasteiger partial charge in [-0.1, -0.05) is 30.3 Å². The van der Waals surface area contributed by atoms with Gasteiger partial charge in [-0.15, -0.1) is 12.4 Å². The van der Waals surface area contributed by atoms with Crippen LogP contribution in [0.1, 0.15) is 16.7 Å². The molecule has 2 rings (SSSR count). The highest BCUT2D eigenvalue weighted by molar-refractivity contribution is 7.89. The molecule has 0 aromatic heterocycles. The summed E-state index contributed by atoms with van der Waals surface area (Å²) in [5.41, 5.74) is 1.75. The summed E-state index contributed by atoms with van der Waals surface area (Å²) >= 11 is 0. The van der Waals surface area contributed by atoms with Crippen molar-refractivity contribution < 1.29 is 13.3 Å². The molecule has 9 heteroatoms. The molecule has 0 radical (unpaired) electrons. The Kier molecular flexibility index (Phi) is 8.56. The minimum absolute atomic E-state index is 0. The van der Waals surface area contributed by atoms with E-state index in [-0.39, 0.29) is 36.1 Å². The lowest BCUT2D eigenvalue weighted by molar-refractivity contribution is -0.385. The average molecular weight is 428 g/mol. The first-order valence-electron chi connectivity index (χ1n) is 8.57. The van der Waals surface area contributed by atoms with E-state index in [9.17, 15) is 18.5 Å². The van der Waals surface area contributed by atoms with E-state index in [1.165, 1.54) is 10.4 Å². The average Bonchev–Trinajstić information content (AvgIpc) is 2.60. The molecular weight excluding hydrogens is 402 g/mol. The Labute approximate surface area is 172 Å². The lowest BCUT2D eigenvalue weighted by Crippen LogP contribution is -2.36. The van der Waals surface area contributed by atoms with E-state index in [0.29, 0.717) is 17.7 Å². The van der Waals surface area contributed by atoms with E-state index >= 15 is 0 Å². The summed E-state index contributed by atoms with van der Waals surface area (Å²) in [6.45, 7) is 4.39. The number of hydrogen-bond donors (Lipinski definition) is 0. The lowest BCUT2D eigenvalue weighted by atomic mass is 10.1. The molecule has 7 nitrogen and oxygen atoms in total. The number of aryl methyl sites for hydroxylation is 1. The van der Waals surface area contributed by atoms with Gasteiger partial charge in [-0.2, -0.15) is 4.31 Å². The smallest absolute Gasteiger partial charge is 0.271 e. The van der Waals surface area contributed by atoms with Crippen molar-refractivity contribution in [3.63, 3.8) is 0 Å². The number of halogens is 1. The largest absolute Gasteiger partial charge is 0.308 e. The second kappa shape index (κ2) is 9.97. The molecule has 2 aromatic rings. The number of nitrogens with zero attached hydrogens (tertiary/aromatic N) is 3. The third kappa shape index (κ3) is 5.75. The van der Waals surface area contributed by atoms with Crippen LogP contribution in [0.3, 0.4) is 0 Å². The number of benzene rings is 2. The van der Waals surface area contributed by atoms with Gasteiger partial charge in [0.1, 0.15) is 0 Å². The molecule has 0 aliphatic heterocycles. The standard InChI is InChI=1S/C19H25N3O4S.ClH/c1-15-12-18(22(23)24)13-19(16(15)2)27(25,26)21(11-10-20(3)4)14-17-8-6-5-7-9-17;/h5-9,12-13H,10-11,14H2,1-4H3;1H. The van der Waals surface area contributed by atoms with Gasteiger partial charge in [0.2, 0.25) is 10.0 Å². The molecule has 0 bridgehead atoms. The number of nitro benzene ring substituents is 1. The van der Waals surface area contributed by atoms with Gasteiger partial charge >= 0.3 is 0 Å². The van der Waals surface area contributed by atoms with Crippen molar-refractivity contribution in [2.24, 2.45) is 0 Å². The van der Waals surface area contributed by atoms with Crippen molar-refractivity contribution >= 4 is 28.1 Å². The Morgan fingerprint density at radius 3 is 2.18 bits per heavy atom. The molecule has 0 atom stereocenters. The van der Waals surface area contributed by atoms with Gasteiger partial charge in [0.15, 0.2) is 0 Å². The number of non-ortho nitro benzene ring substituents is 1. The Hall–Kier alpha value is -2.00. The van der Waals surface area contributed by atoms with Gasteiger partial charge in [0, 0.05) is 31.8 Å². The van der Waals surface area contributed by atoms with Crippen molar-refractivity contribution in [1.29, 1.82) is 0 Å². The molecule has 0 fully saturated rings. The third-order valence-corrected chi connectivity index (χ3v) is 6.40. The predicted octanol–water partition coefficient (Wildman–Crippen LogP) is 3.39. The van der Waals surface area contributed by atoms with Gasteiger partial charge in [-0.05, 0) is 44.6 Å². The normalized spacial score (nSPS) is 11.5. The summed E-state index contributed by atoms with van der Waals surface area (Å²) in [5.74, 6) is 0. The minimum atomic E-state index is -3.90. The van der Waals surface area contributed by atoms with Crippen LogP contribution in [0.25, 0.3) is 0 Å². The molecule has 0 amide bonds. The van der Waals surface area contributed by atoms with Crippen LogP contribution >= 0.6 is 12.4 Å². The Balaban J connectivity index is 0.00000392. The molecule has 0 saturated heterocycles. The van der Waals surface area contributed by atoms with Crippen LogP contribution in [-0.2, 0) is 16.6 Å². The van der Waals surface area contributed by atoms with E-state index < -0.39 is 14.9 Å².